The van der Waals surface area contributed by atoms with Crippen LogP contribution in [0.1, 0.15) is 11.1 Å². The molecule has 0 fully saturated rings. The second-order valence-electron chi connectivity index (χ2n) is 4.62. The summed E-state index contributed by atoms with van der Waals surface area (Å²) < 4.78 is 5.92. The molecule has 0 bridgehead atoms. The van der Waals surface area contributed by atoms with Gasteiger partial charge in [-0.25, -0.2) is 0 Å². The van der Waals surface area contributed by atoms with Crippen molar-refractivity contribution in [2.45, 2.75) is 13.5 Å². The molecule has 3 heteroatoms. The van der Waals surface area contributed by atoms with Crippen LogP contribution in [0.15, 0.2) is 46.9 Å². The first kappa shape index (κ1) is 12.3. The molecular weight excluding hydrogens is 258 g/mol. The fourth-order valence-electron chi connectivity index (χ4n) is 2.23. The van der Waals surface area contributed by atoms with E-state index in [-0.39, 0.29) is 0 Å². The van der Waals surface area contributed by atoms with Gasteiger partial charge in [0.1, 0.15) is 11.3 Å². The predicted octanol–water partition coefficient (Wildman–Crippen LogP) is 4.52. The lowest BCUT2D eigenvalue weighted by molar-refractivity contribution is 0.629. The number of para-hydroxylation sites is 1. The minimum Gasteiger partial charge on any atom is -0.456 e. The Morgan fingerprint density at radius 3 is 2.68 bits per heavy atom. The van der Waals surface area contributed by atoms with Gasteiger partial charge in [0.15, 0.2) is 0 Å². The molecule has 3 rings (SSSR count). The minimum absolute atomic E-state index is 0.485. The standard InChI is InChI=1S/C16H14ClNO/c1-10-3-2-4-12-8-15(19-16(10)12)13-6-5-11(9-18)7-14(13)17/h2-8H,9,18H2,1H3. The molecule has 0 radical (unpaired) electrons. The first-order valence-corrected chi connectivity index (χ1v) is 6.55. The van der Waals surface area contributed by atoms with Gasteiger partial charge >= 0.3 is 0 Å². The topological polar surface area (TPSA) is 39.2 Å². The number of hydrogen-bond donors (Lipinski definition) is 1. The number of fused-ring (bicyclic) bond motifs is 1. The maximum atomic E-state index is 6.29. The molecule has 1 aromatic heterocycles. The number of nitrogens with two attached hydrogens (primary N) is 1. The van der Waals surface area contributed by atoms with Crippen molar-refractivity contribution in [2.75, 3.05) is 0 Å². The summed E-state index contributed by atoms with van der Waals surface area (Å²) in [5.74, 6) is 0.790. The Hall–Kier alpha value is -1.77. The van der Waals surface area contributed by atoms with Gasteiger partial charge in [0.2, 0.25) is 0 Å². The van der Waals surface area contributed by atoms with E-state index in [9.17, 15) is 0 Å². The summed E-state index contributed by atoms with van der Waals surface area (Å²) in [4.78, 5) is 0. The molecule has 0 aliphatic heterocycles. The second kappa shape index (κ2) is 4.72. The van der Waals surface area contributed by atoms with E-state index >= 15 is 0 Å². The van der Waals surface area contributed by atoms with Gasteiger partial charge in [-0.1, -0.05) is 35.9 Å². The summed E-state index contributed by atoms with van der Waals surface area (Å²) in [5.41, 5.74) is 9.56. The van der Waals surface area contributed by atoms with Gasteiger partial charge in [-0.2, -0.15) is 0 Å². The van der Waals surface area contributed by atoms with Crippen LogP contribution < -0.4 is 5.73 Å². The number of benzene rings is 2. The molecule has 2 N–H and O–H groups in total. The zero-order valence-corrected chi connectivity index (χ0v) is 11.4. The zero-order chi connectivity index (χ0) is 13.4. The van der Waals surface area contributed by atoms with E-state index in [1.165, 1.54) is 0 Å². The lowest BCUT2D eigenvalue weighted by atomic mass is 10.1. The molecule has 0 aliphatic carbocycles. The highest BCUT2D eigenvalue weighted by Crippen LogP contribution is 2.34. The number of halogens is 1. The Morgan fingerprint density at radius 1 is 1.16 bits per heavy atom. The number of rotatable bonds is 2. The van der Waals surface area contributed by atoms with Crippen molar-refractivity contribution >= 4 is 22.6 Å². The van der Waals surface area contributed by atoms with Crippen LogP contribution in [0, 0.1) is 6.92 Å². The number of furan rings is 1. The lowest BCUT2D eigenvalue weighted by Crippen LogP contribution is -1.95. The molecule has 0 unspecified atom stereocenters. The molecule has 0 saturated carbocycles. The number of hydrogen-bond acceptors (Lipinski definition) is 2. The highest BCUT2D eigenvalue weighted by molar-refractivity contribution is 6.33. The Bertz CT molecular complexity index is 746. The average molecular weight is 272 g/mol. The van der Waals surface area contributed by atoms with Gasteiger partial charge in [-0.15, -0.1) is 0 Å². The molecule has 0 saturated heterocycles. The van der Waals surface area contributed by atoms with E-state index in [1.54, 1.807) is 0 Å². The van der Waals surface area contributed by atoms with E-state index < -0.39 is 0 Å². The normalized spacial score (nSPS) is 11.1. The highest BCUT2D eigenvalue weighted by atomic mass is 35.5. The average Bonchev–Trinajstić information content (AvgIpc) is 2.83. The lowest BCUT2D eigenvalue weighted by Gasteiger charge is -2.03. The fourth-order valence-corrected chi connectivity index (χ4v) is 2.52. The summed E-state index contributed by atoms with van der Waals surface area (Å²) in [6, 6.07) is 13.9. The summed E-state index contributed by atoms with van der Waals surface area (Å²) >= 11 is 6.29. The van der Waals surface area contributed by atoms with Crippen molar-refractivity contribution in [3.8, 4) is 11.3 Å². The van der Waals surface area contributed by atoms with E-state index in [2.05, 4.69) is 0 Å². The summed E-state index contributed by atoms with van der Waals surface area (Å²) in [5, 5.41) is 1.76. The maximum absolute atomic E-state index is 6.29. The third kappa shape index (κ3) is 2.14. The fraction of sp³-hybridized carbons (Fsp3) is 0.125. The molecule has 0 amide bonds. The molecule has 2 nitrogen and oxygen atoms in total. The molecule has 0 aliphatic rings. The molecule has 1 heterocycles. The first-order valence-electron chi connectivity index (χ1n) is 6.17. The van der Waals surface area contributed by atoms with Crippen LogP contribution in [0.5, 0.6) is 0 Å². The van der Waals surface area contributed by atoms with Crippen molar-refractivity contribution in [3.05, 3.63) is 58.6 Å². The van der Waals surface area contributed by atoms with Crippen LogP contribution in [0.25, 0.3) is 22.3 Å². The van der Waals surface area contributed by atoms with Gasteiger partial charge in [0.05, 0.1) is 5.02 Å². The van der Waals surface area contributed by atoms with Gasteiger partial charge < -0.3 is 10.2 Å². The summed E-state index contributed by atoms with van der Waals surface area (Å²) in [6.07, 6.45) is 0. The molecule has 0 spiro atoms. The third-order valence-corrected chi connectivity index (χ3v) is 3.59. The van der Waals surface area contributed by atoms with Crippen molar-refractivity contribution in [2.24, 2.45) is 5.73 Å². The molecular formula is C16H14ClNO. The Kier molecular flexibility index (Phi) is 3.05. The molecule has 3 aromatic rings. The van der Waals surface area contributed by atoms with Crippen LogP contribution in [0.3, 0.4) is 0 Å². The van der Waals surface area contributed by atoms with Crippen molar-refractivity contribution < 1.29 is 4.42 Å². The van der Waals surface area contributed by atoms with Crippen LogP contribution in [-0.4, -0.2) is 0 Å². The number of aryl methyl sites for hydroxylation is 1. The van der Waals surface area contributed by atoms with Crippen LogP contribution in [0.2, 0.25) is 5.02 Å². The Labute approximate surface area is 116 Å². The Balaban J connectivity index is 2.16. The van der Waals surface area contributed by atoms with Crippen LogP contribution >= 0.6 is 11.6 Å². The minimum atomic E-state index is 0.485. The first-order chi connectivity index (χ1) is 9.19. The van der Waals surface area contributed by atoms with Gasteiger partial charge in [0, 0.05) is 17.5 Å². The van der Waals surface area contributed by atoms with Crippen molar-refractivity contribution in [1.29, 1.82) is 0 Å². The van der Waals surface area contributed by atoms with Crippen LogP contribution in [-0.2, 0) is 6.54 Å². The van der Waals surface area contributed by atoms with E-state index in [4.69, 9.17) is 21.8 Å². The smallest absolute Gasteiger partial charge is 0.137 e. The van der Waals surface area contributed by atoms with E-state index in [0.29, 0.717) is 11.6 Å². The van der Waals surface area contributed by atoms with Gasteiger partial charge in [0.25, 0.3) is 0 Å². The summed E-state index contributed by atoms with van der Waals surface area (Å²) in [6.45, 7) is 2.52. The molecule has 96 valence electrons. The maximum Gasteiger partial charge on any atom is 0.137 e. The zero-order valence-electron chi connectivity index (χ0n) is 10.6. The monoisotopic (exact) mass is 271 g/mol. The molecule has 0 atom stereocenters. The second-order valence-corrected chi connectivity index (χ2v) is 5.03. The largest absolute Gasteiger partial charge is 0.456 e. The molecule has 2 aromatic carbocycles. The quantitative estimate of drug-likeness (QED) is 0.744. The molecule has 19 heavy (non-hydrogen) atoms. The highest BCUT2D eigenvalue weighted by Gasteiger charge is 2.11. The van der Waals surface area contributed by atoms with Crippen molar-refractivity contribution in [1.82, 2.24) is 0 Å². The SMILES string of the molecule is Cc1cccc2cc(-c3ccc(CN)cc3Cl)oc12. The predicted molar refractivity (Wildman–Crippen MR) is 79.3 cm³/mol. The van der Waals surface area contributed by atoms with E-state index in [1.807, 2.05) is 49.4 Å². The van der Waals surface area contributed by atoms with Gasteiger partial charge in [-0.3, -0.25) is 0 Å². The Morgan fingerprint density at radius 2 is 2.00 bits per heavy atom. The van der Waals surface area contributed by atoms with Gasteiger partial charge in [-0.05, 0) is 36.2 Å². The van der Waals surface area contributed by atoms with E-state index in [0.717, 1.165) is 33.4 Å². The summed E-state index contributed by atoms with van der Waals surface area (Å²) in [7, 11) is 0. The van der Waals surface area contributed by atoms with Crippen molar-refractivity contribution in [3.63, 3.8) is 0 Å². The van der Waals surface area contributed by atoms with Crippen LogP contribution in [0.4, 0.5) is 0 Å². The third-order valence-electron chi connectivity index (χ3n) is 3.28.